The normalized spacial score (nSPS) is 14.4. The van der Waals surface area contributed by atoms with Crippen LogP contribution in [-0.4, -0.2) is 85.6 Å². The molecule has 1 fully saturated rings. The molecular formula is C21H34N4O11S. The topological polar surface area (TPSA) is 195 Å². The molecule has 15 nitrogen and oxygen atoms in total. The molecule has 0 aromatic rings. The standard InChI is InChI=1S/C21H34N4O11S/c1-20(2,3)17(29)23-24(35-18(30)21(4,5)6)13-14(26)22-9-11-37(32,33)12-10-34-19(31)36-25-15(27)7-8-16(25)28/h7-13H2,1-6H3,(H,22,26)(H,23,29). The van der Waals surface area contributed by atoms with Crippen molar-refractivity contribution in [3.05, 3.63) is 0 Å². The lowest BCUT2D eigenvalue weighted by Gasteiger charge is -2.27. The molecule has 37 heavy (non-hydrogen) atoms. The fourth-order valence-electron chi connectivity index (χ4n) is 2.26. The number of ether oxygens (including phenoxy) is 1. The van der Waals surface area contributed by atoms with Crippen LogP contribution in [0.3, 0.4) is 0 Å². The highest BCUT2D eigenvalue weighted by Crippen LogP contribution is 2.17. The smallest absolute Gasteiger partial charge is 0.432 e. The van der Waals surface area contributed by atoms with E-state index in [1.165, 1.54) is 0 Å². The molecule has 0 aliphatic carbocycles. The Labute approximate surface area is 214 Å². The first-order valence-electron chi connectivity index (χ1n) is 11.3. The van der Waals surface area contributed by atoms with E-state index in [0.29, 0.717) is 5.17 Å². The van der Waals surface area contributed by atoms with Gasteiger partial charge in [0.1, 0.15) is 13.2 Å². The number of sulfone groups is 1. The van der Waals surface area contributed by atoms with E-state index in [1.807, 2.05) is 0 Å². The van der Waals surface area contributed by atoms with Gasteiger partial charge in [0, 0.05) is 24.8 Å². The molecular weight excluding hydrogens is 516 g/mol. The molecule has 0 aromatic carbocycles. The minimum atomic E-state index is -3.79. The van der Waals surface area contributed by atoms with E-state index >= 15 is 0 Å². The van der Waals surface area contributed by atoms with Crippen molar-refractivity contribution in [3.63, 3.8) is 0 Å². The highest BCUT2D eigenvalue weighted by atomic mass is 32.2. The summed E-state index contributed by atoms with van der Waals surface area (Å²) in [6, 6.07) is 0. The number of hydroxylamine groups is 3. The van der Waals surface area contributed by atoms with Crippen molar-refractivity contribution in [1.29, 1.82) is 0 Å². The summed E-state index contributed by atoms with van der Waals surface area (Å²) >= 11 is 0. The zero-order valence-corrected chi connectivity index (χ0v) is 22.6. The van der Waals surface area contributed by atoms with Crippen LogP contribution in [-0.2, 0) is 48.2 Å². The first-order valence-corrected chi connectivity index (χ1v) is 13.1. The van der Waals surface area contributed by atoms with Gasteiger partial charge in [0.25, 0.3) is 11.8 Å². The molecule has 0 radical (unpaired) electrons. The van der Waals surface area contributed by atoms with Gasteiger partial charge in [-0.05, 0) is 25.9 Å². The highest BCUT2D eigenvalue weighted by molar-refractivity contribution is 7.91. The van der Waals surface area contributed by atoms with Gasteiger partial charge in [0.15, 0.2) is 9.84 Å². The summed E-state index contributed by atoms with van der Waals surface area (Å²) in [5.74, 6) is -4.54. The van der Waals surface area contributed by atoms with Crippen molar-refractivity contribution in [2.24, 2.45) is 10.8 Å². The Balaban J connectivity index is 2.51. The molecule has 16 heteroatoms. The molecule has 0 bridgehead atoms. The Morgan fingerprint density at radius 2 is 1.51 bits per heavy atom. The maximum Gasteiger partial charge on any atom is 0.533 e. The molecule has 0 saturated carbocycles. The average Bonchev–Trinajstić information content (AvgIpc) is 3.03. The van der Waals surface area contributed by atoms with Gasteiger partial charge in [0.2, 0.25) is 11.8 Å². The number of hydrazine groups is 1. The Morgan fingerprint density at radius 3 is 2.03 bits per heavy atom. The van der Waals surface area contributed by atoms with E-state index in [0.717, 1.165) is 0 Å². The summed E-state index contributed by atoms with van der Waals surface area (Å²) in [6.07, 6.45) is -1.62. The third-order valence-electron chi connectivity index (χ3n) is 4.52. The molecule has 1 aliphatic rings. The van der Waals surface area contributed by atoms with Crippen molar-refractivity contribution < 1.29 is 51.6 Å². The molecule has 1 heterocycles. The summed E-state index contributed by atoms with van der Waals surface area (Å²) in [6.45, 7) is 8.06. The monoisotopic (exact) mass is 550 g/mol. The maximum atomic E-state index is 12.3. The van der Waals surface area contributed by atoms with Crippen LogP contribution < -0.4 is 10.7 Å². The van der Waals surface area contributed by atoms with E-state index in [9.17, 15) is 37.2 Å². The van der Waals surface area contributed by atoms with Crippen LogP contribution in [0.4, 0.5) is 4.79 Å². The van der Waals surface area contributed by atoms with Crippen LogP contribution in [0.15, 0.2) is 0 Å². The van der Waals surface area contributed by atoms with Crippen molar-refractivity contribution in [1.82, 2.24) is 21.0 Å². The summed E-state index contributed by atoms with van der Waals surface area (Å²) in [5, 5.41) is 3.28. The Morgan fingerprint density at radius 1 is 0.946 bits per heavy atom. The van der Waals surface area contributed by atoms with Gasteiger partial charge >= 0.3 is 12.1 Å². The van der Waals surface area contributed by atoms with Gasteiger partial charge in [-0.25, -0.2) is 18.0 Å². The molecule has 1 rings (SSSR count). The molecule has 1 aliphatic heterocycles. The minimum absolute atomic E-state index is 0.105. The lowest BCUT2D eigenvalue weighted by Crippen LogP contribution is -2.52. The van der Waals surface area contributed by atoms with E-state index < -0.39 is 81.1 Å². The third kappa shape index (κ3) is 11.6. The van der Waals surface area contributed by atoms with Gasteiger partial charge in [-0.15, -0.1) is 0 Å². The molecule has 0 unspecified atom stereocenters. The average molecular weight is 551 g/mol. The van der Waals surface area contributed by atoms with Gasteiger partial charge in [0.05, 0.1) is 16.9 Å². The van der Waals surface area contributed by atoms with Crippen LogP contribution in [0.5, 0.6) is 0 Å². The Hall–Kier alpha value is -3.27. The molecule has 210 valence electrons. The predicted molar refractivity (Wildman–Crippen MR) is 125 cm³/mol. The number of amides is 4. The molecule has 1 saturated heterocycles. The first kappa shape index (κ1) is 31.8. The number of rotatable bonds is 11. The van der Waals surface area contributed by atoms with Gasteiger partial charge in [-0.2, -0.15) is 0 Å². The second kappa shape index (κ2) is 12.8. The summed E-state index contributed by atoms with van der Waals surface area (Å²) in [7, 11) is -3.79. The van der Waals surface area contributed by atoms with E-state index in [-0.39, 0.29) is 24.4 Å². The quantitative estimate of drug-likeness (QED) is 0.193. The van der Waals surface area contributed by atoms with Gasteiger partial charge in [-0.3, -0.25) is 29.4 Å². The van der Waals surface area contributed by atoms with Crippen molar-refractivity contribution in [2.45, 2.75) is 54.4 Å². The Bertz CT molecular complexity index is 968. The van der Waals surface area contributed by atoms with E-state index in [4.69, 9.17) is 4.84 Å². The van der Waals surface area contributed by atoms with Crippen LogP contribution in [0.25, 0.3) is 0 Å². The second-order valence-electron chi connectivity index (χ2n) is 10.1. The lowest BCUT2D eigenvalue weighted by molar-refractivity contribution is -0.217. The maximum absolute atomic E-state index is 12.3. The number of hydrogen-bond donors (Lipinski definition) is 2. The van der Waals surface area contributed by atoms with Crippen LogP contribution in [0, 0.1) is 10.8 Å². The molecule has 4 amide bonds. The predicted octanol–water partition coefficient (Wildman–Crippen LogP) is -0.382. The summed E-state index contributed by atoms with van der Waals surface area (Å²) in [5.41, 5.74) is 0.550. The van der Waals surface area contributed by atoms with Crippen molar-refractivity contribution in [3.8, 4) is 0 Å². The van der Waals surface area contributed by atoms with Crippen molar-refractivity contribution >= 4 is 45.6 Å². The number of imide groups is 1. The fraction of sp³-hybridized carbons (Fsp3) is 0.714. The lowest BCUT2D eigenvalue weighted by atomic mass is 9.96. The van der Waals surface area contributed by atoms with Crippen LogP contribution in [0.2, 0.25) is 0 Å². The fourth-order valence-corrected chi connectivity index (χ4v) is 3.21. The highest BCUT2D eigenvalue weighted by Gasteiger charge is 2.34. The number of nitrogens with one attached hydrogen (secondary N) is 2. The minimum Gasteiger partial charge on any atom is -0.432 e. The summed E-state index contributed by atoms with van der Waals surface area (Å²) in [4.78, 5) is 80.6. The van der Waals surface area contributed by atoms with Gasteiger partial charge in [-0.1, -0.05) is 25.8 Å². The number of nitrogens with zero attached hydrogens (tertiary/aromatic N) is 2. The second-order valence-corrected chi connectivity index (χ2v) is 12.4. The number of carbonyl (C=O) groups excluding carboxylic acids is 6. The number of hydrogen-bond acceptors (Lipinski definition) is 12. The van der Waals surface area contributed by atoms with E-state index in [1.54, 1.807) is 41.5 Å². The first-order chi connectivity index (χ1) is 16.8. The molecule has 0 spiro atoms. The SMILES string of the molecule is CC(C)(C)C(=O)NN(CC(=O)NCCS(=O)(=O)CCOC(=O)ON1C(=O)CCC1=O)OC(=O)C(C)(C)C. The summed E-state index contributed by atoms with van der Waals surface area (Å²) < 4.78 is 28.9. The molecule has 0 aromatic heterocycles. The third-order valence-corrected chi connectivity index (χ3v) is 6.14. The van der Waals surface area contributed by atoms with E-state index in [2.05, 4.69) is 20.3 Å². The van der Waals surface area contributed by atoms with Gasteiger partial charge < -0.3 is 14.9 Å². The van der Waals surface area contributed by atoms with Crippen LogP contribution in [0.1, 0.15) is 54.4 Å². The largest absolute Gasteiger partial charge is 0.533 e. The Kier molecular flexibility index (Phi) is 11.0. The zero-order valence-electron chi connectivity index (χ0n) is 21.7. The number of carbonyl (C=O) groups is 6. The molecule has 0 atom stereocenters. The van der Waals surface area contributed by atoms with Crippen LogP contribution >= 0.6 is 0 Å². The van der Waals surface area contributed by atoms with Crippen molar-refractivity contribution in [2.75, 3.05) is 31.2 Å². The molecule has 2 N–H and O–H groups in total. The zero-order chi connectivity index (χ0) is 28.6.